The zero-order valence-corrected chi connectivity index (χ0v) is 10.7. The standard InChI is InChI=1S/C11H16N2O6/c1-7-3-12(11(17)18)4-9(5-14)13(7)10(16)6-19-8(2)15/h5,7,9H,3-4,6H2,1-2H3,(H,17,18)/t7-,9+/m0/s1. The van der Waals surface area contributed by atoms with E-state index in [9.17, 15) is 19.2 Å². The van der Waals surface area contributed by atoms with Gasteiger partial charge in [0.1, 0.15) is 12.3 Å². The Morgan fingerprint density at radius 3 is 2.47 bits per heavy atom. The summed E-state index contributed by atoms with van der Waals surface area (Å²) in [5.41, 5.74) is 0. The van der Waals surface area contributed by atoms with E-state index in [2.05, 4.69) is 4.74 Å². The van der Waals surface area contributed by atoms with Crippen LogP contribution in [0.25, 0.3) is 0 Å². The first-order valence-electron chi connectivity index (χ1n) is 5.74. The molecule has 0 spiro atoms. The van der Waals surface area contributed by atoms with E-state index in [-0.39, 0.29) is 13.1 Å². The number of hydrogen-bond donors (Lipinski definition) is 1. The van der Waals surface area contributed by atoms with Crippen molar-refractivity contribution in [3.05, 3.63) is 0 Å². The van der Waals surface area contributed by atoms with Crippen LogP contribution in [0.3, 0.4) is 0 Å². The Labute approximate surface area is 109 Å². The van der Waals surface area contributed by atoms with E-state index in [1.807, 2.05) is 0 Å². The van der Waals surface area contributed by atoms with Crippen molar-refractivity contribution in [2.24, 2.45) is 0 Å². The van der Waals surface area contributed by atoms with E-state index in [0.717, 1.165) is 4.90 Å². The van der Waals surface area contributed by atoms with Crippen LogP contribution in [0.5, 0.6) is 0 Å². The van der Waals surface area contributed by atoms with Gasteiger partial charge in [0.2, 0.25) is 0 Å². The Morgan fingerprint density at radius 1 is 1.37 bits per heavy atom. The number of rotatable bonds is 3. The van der Waals surface area contributed by atoms with Crippen LogP contribution in [0, 0.1) is 0 Å². The Hall–Kier alpha value is -2.12. The molecule has 1 rings (SSSR count). The molecule has 1 aliphatic rings. The third kappa shape index (κ3) is 3.67. The monoisotopic (exact) mass is 272 g/mol. The molecule has 19 heavy (non-hydrogen) atoms. The molecule has 0 unspecified atom stereocenters. The average Bonchev–Trinajstić information content (AvgIpc) is 2.34. The van der Waals surface area contributed by atoms with Crippen LogP contribution >= 0.6 is 0 Å². The highest BCUT2D eigenvalue weighted by Gasteiger charge is 2.37. The fourth-order valence-corrected chi connectivity index (χ4v) is 2.06. The predicted octanol–water partition coefficient (Wildman–Crippen LogP) is -0.672. The Kier molecular flexibility index (Phi) is 4.85. The summed E-state index contributed by atoms with van der Waals surface area (Å²) in [6.07, 6.45) is -0.608. The minimum atomic E-state index is -1.13. The molecule has 2 atom stereocenters. The van der Waals surface area contributed by atoms with Gasteiger partial charge in [-0.1, -0.05) is 0 Å². The summed E-state index contributed by atoms with van der Waals surface area (Å²) < 4.78 is 4.60. The summed E-state index contributed by atoms with van der Waals surface area (Å²) in [7, 11) is 0. The van der Waals surface area contributed by atoms with Crippen molar-refractivity contribution in [2.75, 3.05) is 19.7 Å². The van der Waals surface area contributed by atoms with Crippen molar-refractivity contribution in [3.63, 3.8) is 0 Å². The molecule has 0 bridgehead atoms. The number of aldehydes is 1. The van der Waals surface area contributed by atoms with Gasteiger partial charge in [-0.05, 0) is 6.92 Å². The van der Waals surface area contributed by atoms with Crippen LogP contribution in [0.2, 0.25) is 0 Å². The third-order valence-corrected chi connectivity index (χ3v) is 2.84. The first kappa shape index (κ1) is 14.9. The number of amides is 2. The molecule has 1 aliphatic heterocycles. The lowest BCUT2D eigenvalue weighted by atomic mass is 10.1. The van der Waals surface area contributed by atoms with Crippen LogP contribution in [0.4, 0.5) is 4.79 Å². The minimum absolute atomic E-state index is 0.0744. The Balaban J connectivity index is 2.76. The number of hydrogen-bond acceptors (Lipinski definition) is 5. The highest BCUT2D eigenvalue weighted by Crippen LogP contribution is 2.15. The van der Waals surface area contributed by atoms with E-state index in [0.29, 0.717) is 6.29 Å². The summed E-state index contributed by atoms with van der Waals surface area (Å²) >= 11 is 0. The molecule has 0 aromatic carbocycles. The van der Waals surface area contributed by atoms with Crippen LogP contribution in [-0.2, 0) is 19.1 Å². The fraction of sp³-hybridized carbons (Fsp3) is 0.636. The van der Waals surface area contributed by atoms with Crippen molar-refractivity contribution in [1.29, 1.82) is 0 Å². The largest absolute Gasteiger partial charge is 0.465 e. The molecule has 0 aromatic rings. The summed E-state index contributed by atoms with van der Waals surface area (Å²) in [6.45, 7) is 2.41. The lowest BCUT2D eigenvalue weighted by molar-refractivity contribution is -0.154. The number of carboxylic acid groups (broad SMARTS) is 1. The zero-order chi connectivity index (χ0) is 14.6. The van der Waals surface area contributed by atoms with E-state index < -0.39 is 36.7 Å². The first-order chi connectivity index (χ1) is 8.86. The smallest absolute Gasteiger partial charge is 0.407 e. The maximum absolute atomic E-state index is 11.9. The van der Waals surface area contributed by atoms with Crippen molar-refractivity contribution in [1.82, 2.24) is 9.80 Å². The Bertz CT molecular complexity index is 397. The van der Waals surface area contributed by atoms with Crippen molar-refractivity contribution >= 4 is 24.3 Å². The lowest BCUT2D eigenvalue weighted by Crippen LogP contribution is -2.61. The van der Waals surface area contributed by atoms with Crippen LogP contribution < -0.4 is 0 Å². The molecule has 0 aromatic heterocycles. The number of carbonyl (C=O) groups excluding carboxylic acids is 3. The molecular formula is C11H16N2O6. The van der Waals surface area contributed by atoms with Gasteiger partial charge in [0.05, 0.1) is 6.54 Å². The first-order valence-corrected chi connectivity index (χ1v) is 5.74. The second-order valence-corrected chi connectivity index (χ2v) is 4.32. The molecule has 0 aliphatic carbocycles. The fourth-order valence-electron chi connectivity index (χ4n) is 2.06. The van der Waals surface area contributed by atoms with E-state index in [1.54, 1.807) is 6.92 Å². The maximum atomic E-state index is 11.9. The predicted molar refractivity (Wildman–Crippen MR) is 62.4 cm³/mol. The highest BCUT2D eigenvalue weighted by atomic mass is 16.5. The SMILES string of the molecule is CC(=O)OCC(=O)N1[C@@H](C)CN(C(=O)O)C[C@@H]1C=O. The summed E-state index contributed by atoms with van der Waals surface area (Å²) in [4.78, 5) is 46.8. The van der Waals surface area contributed by atoms with E-state index in [4.69, 9.17) is 5.11 Å². The normalized spacial score (nSPS) is 22.8. The van der Waals surface area contributed by atoms with Gasteiger partial charge in [-0.15, -0.1) is 0 Å². The number of carbonyl (C=O) groups is 4. The summed E-state index contributed by atoms with van der Waals surface area (Å²) in [5, 5.41) is 8.91. The second-order valence-electron chi connectivity index (χ2n) is 4.32. The van der Waals surface area contributed by atoms with Crippen LogP contribution in [-0.4, -0.2) is 70.9 Å². The topological polar surface area (TPSA) is 104 Å². The third-order valence-electron chi connectivity index (χ3n) is 2.84. The van der Waals surface area contributed by atoms with Gasteiger partial charge in [0, 0.05) is 19.5 Å². The number of ether oxygens (including phenoxy) is 1. The van der Waals surface area contributed by atoms with Crippen molar-refractivity contribution in [2.45, 2.75) is 25.9 Å². The minimum Gasteiger partial charge on any atom is -0.465 e. The van der Waals surface area contributed by atoms with Gasteiger partial charge in [-0.2, -0.15) is 0 Å². The van der Waals surface area contributed by atoms with Crippen LogP contribution in [0.1, 0.15) is 13.8 Å². The maximum Gasteiger partial charge on any atom is 0.407 e. The number of esters is 1. The molecule has 1 heterocycles. The number of piperazine rings is 1. The van der Waals surface area contributed by atoms with Crippen molar-refractivity contribution in [3.8, 4) is 0 Å². The molecule has 0 saturated carbocycles. The number of nitrogens with zero attached hydrogens (tertiary/aromatic N) is 2. The lowest BCUT2D eigenvalue weighted by Gasteiger charge is -2.42. The second kappa shape index (κ2) is 6.17. The average molecular weight is 272 g/mol. The van der Waals surface area contributed by atoms with Gasteiger partial charge in [0.25, 0.3) is 5.91 Å². The van der Waals surface area contributed by atoms with Crippen LogP contribution in [0.15, 0.2) is 0 Å². The van der Waals surface area contributed by atoms with Gasteiger partial charge in [-0.3, -0.25) is 9.59 Å². The zero-order valence-electron chi connectivity index (χ0n) is 10.7. The summed E-state index contributed by atoms with van der Waals surface area (Å²) in [5.74, 6) is -1.10. The summed E-state index contributed by atoms with van der Waals surface area (Å²) in [6, 6.07) is -1.31. The molecule has 8 nitrogen and oxygen atoms in total. The van der Waals surface area contributed by atoms with Crippen molar-refractivity contribution < 1.29 is 29.0 Å². The molecular weight excluding hydrogens is 256 g/mol. The molecule has 106 valence electrons. The van der Waals surface area contributed by atoms with E-state index in [1.165, 1.54) is 11.8 Å². The molecule has 0 radical (unpaired) electrons. The molecule has 2 amide bonds. The van der Waals surface area contributed by atoms with Gasteiger partial charge in [-0.25, -0.2) is 4.79 Å². The quantitative estimate of drug-likeness (QED) is 0.539. The van der Waals surface area contributed by atoms with E-state index >= 15 is 0 Å². The molecule has 8 heteroatoms. The van der Waals surface area contributed by atoms with Gasteiger partial charge < -0.3 is 24.4 Å². The van der Waals surface area contributed by atoms with Gasteiger partial charge >= 0.3 is 12.1 Å². The molecule has 1 fully saturated rings. The Morgan fingerprint density at radius 2 is 2.00 bits per heavy atom. The molecule has 1 N–H and O–H groups in total. The van der Waals surface area contributed by atoms with Gasteiger partial charge in [0.15, 0.2) is 6.61 Å². The highest BCUT2D eigenvalue weighted by molar-refractivity contribution is 5.83. The molecule has 1 saturated heterocycles.